The van der Waals surface area contributed by atoms with Gasteiger partial charge in [-0.1, -0.05) is 60.2 Å². The smallest absolute Gasteiger partial charge is 0.350 e. The molecule has 0 N–H and O–H groups in total. The first-order chi connectivity index (χ1) is 10.7. The summed E-state index contributed by atoms with van der Waals surface area (Å²) < 4.78 is 5.43. The van der Waals surface area contributed by atoms with Gasteiger partial charge in [-0.2, -0.15) is 0 Å². The predicted octanol–water partition coefficient (Wildman–Crippen LogP) is 4.91. The number of hydrogen-bond donors (Lipinski definition) is 0. The minimum atomic E-state index is -0.279. The molecule has 0 aliphatic rings. The lowest BCUT2D eigenvalue weighted by Gasteiger charge is -2.03. The summed E-state index contributed by atoms with van der Waals surface area (Å²) in [5, 5.41) is 0. The van der Waals surface area contributed by atoms with E-state index in [2.05, 4.69) is 31.2 Å². The first-order valence-electron chi connectivity index (χ1n) is 7.10. The summed E-state index contributed by atoms with van der Waals surface area (Å²) in [6.07, 6.45) is 0. The van der Waals surface area contributed by atoms with Crippen LogP contribution in [-0.2, 0) is 5.75 Å². The highest BCUT2D eigenvalue weighted by molar-refractivity contribution is 7.98. The molecule has 0 bridgehead atoms. The Morgan fingerprint density at radius 3 is 2.32 bits per heavy atom. The Labute approximate surface area is 133 Å². The lowest BCUT2D eigenvalue weighted by atomic mass is 10.2. The van der Waals surface area contributed by atoms with Gasteiger partial charge in [0.25, 0.3) is 0 Å². The summed E-state index contributed by atoms with van der Waals surface area (Å²) in [5.41, 5.74) is 3.07. The molecule has 0 spiro atoms. The second-order valence-electron chi connectivity index (χ2n) is 5.09. The van der Waals surface area contributed by atoms with Crippen LogP contribution in [0.25, 0.3) is 11.3 Å². The van der Waals surface area contributed by atoms with E-state index in [4.69, 9.17) is 4.42 Å². The molecule has 0 saturated heterocycles. The van der Waals surface area contributed by atoms with Crippen molar-refractivity contribution in [3.8, 4) is 11.3 Å². The third kappa shape index (κ3) is 3.49. The van der Waals surface area contributed by atoms with Gasteiger partial charge in [0, 0.05) is 11.3 Å². The molecule has 2 aromatic carbocycles. The number of rotatable bonds is 4. The van der Waals surface area contributed by atoms with Crippen LogP contribution in [0.15, 0.2) is 80.8 Å². The molecular formula is C19H16O2S. The molecule has 0 fully saturated rings. The van der Waals surface area contributed by atoms with Gasteiger partial charge in [-0.05, 0) is 24.6 Å². The van der Waals surface area contributed by atoms with Crippen molar-refractivity contribution < 1.29 is 4.42 Å². The van der Waals surface area contributed by atoms with Crippen LogP contribution in [0.2, 0.25) is 0 Å². The minimum absolute atomic E-state index is 0.279. The Bertz CT molecular complexity index is 805. The maximum Gasteiger partial charge on any atom is 0.350 e. The van der Waals surface area contributed by atoms with Crippen LogP contribution in [-0.4, -0.2) is 0 Å². The number of aryl methyl sites for hydroxylation is 1. The molecule has 3 aromatic rings. The van der Waals surface area contributed by atoms with Crippen molar-refractivity contribution >= 4 is 11.8 Å². The Kier molecular flexibility index (Phi) is 4.45. The van der Waals surface area contributed by atoms with Gasteiger partial charge in [-0.15, -0.1) is 11.8 Å². The first-order valence-corrected chi connectivity index (χ1v) is 8.09. The molecule has 0 saturated carbocycles. The zero-order chi connectivity index (χ0) is 15.4. The molecule has 0 aliphatic heterocycles. The van der Waals surface area contributed by atoms with E-state index in [1.165, 1.54) is 22.9 Å². The van der Waals surface area contributed by atoms with Gasteiger partial charge in [0.15, 0.2) is 0 Å². The van der Waals surface area contributed by atoms with Gasteiger partial charge in [-0.25, -0.2) is 4.79 Å². The standard InChI is InChI=1S/C19H16O2S/c1-14-7-9-15(10-8-14)13-22-18-12-11-17(21-19(18)20)16-5-3-2-4-6-16/h2-12H,13H2,1H3. The Morgan fingerprint density at radius 1 is 0.909 bits per heavy atom. The van der Waals surface area contributed by atoms with Crippen molar-refractivity contribution in [2.75, 3.05) is 0 Å². The molecule has 0 amide bonds. The SMILES string of the molecule is Cc1ccc(CSc2ccc(-c3ccccc3)oc2=O)cc1. The van der Waals surface area contributed by atoms with Crippen molar-refractivity contribution in [3.05, 3.63) is 88.3 Å². The van der Waals surface area contributed by atoms with Gasteiger partial charge in [0.2, 0.25) is 0 Å². The fourth-order valence-electron chi connectivity index (χ4n) is 2.11. The Hall–Kier alpha value is -2.26. The topological polar surface area (TPSA) is 30.2 Å². The van der Waals surface area contributed by atoms with Crippen molar-refractivity contribution in [2.45, 2.75) is 17.6 Å². The van der Waals surface area contributed by atoms with Crippen molar-refractivity contribution in [3.63, 3.8) is 0 Å². The molecule has 0 atom stereocenters. The van der Waals surface area contributed by atoms with E-state index in [0.717, 1.165) is 11.3 Å². The third-order valence-electron chi connectivity index (χ3n) is 3.36. The lowest BCUT2D eigenvalue weighted by molar-refractivity contribution is 0.509. The van der Waals surface area contributed by atoms with Crippen LogP contribution in [0, 0.1) is 6.92 Å². The summed E-state index contributed by atoms with van der Waals surface area (Å²) in [7, 11) is 0. The van der Waals surface area contributed by atoms with Gasteiger partial charge in [-0.3, -0.25) is 0 Å². The second-order valence-corrected chi connectivity index (χ2v) is 6.11. The van der Waals surface area contributed by atoms with Crippen LogP contribution in [0.5, 0.6) is 0 Å². The normalized spacial score (nSPS) is 10.6. The molecule has 1 heterocycles. The maximum absolute atomic E-state index is 12.1. The highest BCUT2D eigenvalue weighted by Crippen LogP contribution is 2.23. The number of thioether (sulfide) groups is 1. The predicted molar refractivity (Wildman–Crippen MR) is 91.2 cm³/mol. The third-order valence-corrected chi connectivity index (χ3v) is 4.45. The van der Waals surface area contributed by atoms with Gasteiger partial charge in [0.05, 0.1) is 4.90 Å². The summed E-state index contributed by atoms with van der Waals surface area (Å²) in [6.45, 7) is 2.06. The quantitative estimate of drug-likeness (QED) is 0.642. The molecule has 2 nitrogen and oxygen atoms in total. The monoisotopic (exact) mass is 308 g/mol. The zero-order valence-corrected chi connectivity index (χ0v) is 13.1. The molecule has 0 aliphatic carbocycles. The lowest BCUT2D eigenvalue weighted by Crippen LogP contribution is -2.02. The van der Waals surface area contributed by atoms with Gasteiger partial charge < -0.3 is 4.42 Å². The largest absolute Gasteiger partial charge is 0.422 e. The van der Waals surface area contributed by atoms with Crippen LogP contribution < -0.4 is 5.63 Å². The number of hydrogen-bond acceptors (Lipinski definition) is 3. The molecule has 110 valence electrons. The highest BCUT2D eigenvalue weighted by Gasteiger charge is 2.06. The zero-order valence-electron chi connectivity index (χ0n) is 12.3. The second kappa shape index (κ2) is 6.67. The highest BCUT2D eigenvalue weighted by atomic mass is 32.2. The summed E-state index contributed by atoms with van der Waals surface area (Å²) >= 11 is 1.50. The molecular weight excluding hydrogens is 292 g/mol. The number of benzene rings is 2. The fourth-order valence-corrected chi connectivity index (χ4v) is 2.95. The van der Waals surface area contributed by atoms with E-state index in [0.29, 0.717) is 10.7 Å². The van der Waals surface area contributed by atoms with E-state index in [1.54, 1.807) is 0 Å². The van der Waals surface area contributed by atoms with E-state index in [9.17, 15) is 4.79 Å². The Morgan fingerprint density at radius 2 is 1.64 bits per heavy atom. The van der Waals surface area contributed by atoms with Crippen LogP contribution >= 0.6 is 11.8 Å². The van der Waals surface area contributed by atoms with Crippen molar-refractivity contribution in [1.82, 2.24) is 0 Å². The van der Waals surface area contributed by atoms with Crippen LogP contribution in [0.1, 0.15) is 11.1 Å². The fraction of sp³-hybridized carbons (Fsp3) is 0.105. The van der Waals surface area contributed by atoms with Gasteiger partial charge >= 0.3 is 5.63 Å². The molecule has 0 radical (unpaired) electrons. The molecule has 0 unspecified atom stereocenters. The minimum Gasteiger partial charge on any atom is -0.422 e. The van der Waals surface area contributed by atoms with E-state index in [-0.39, 0.29) is 5.63 Å². The summed E-state index contributed by atoms with van der Waals surface area (Å²) in [4.78, 5) is 12.7. The molecule has 3 heteroatoms. The van der Waals surface area contributed by atoms with Crippen molar-refractivity contribution in [1.29, 1.82) is 0 Å². The van der Waals surface area contributed by atoms with E-state index in [1.807, 2.05) is 42.5 Å². The summed E-state index contributed by atoms with van der Waals surface area (Å²) in [6, 6.07) is 21.7. The van der Waals surface area contributed by atoms with Crippen LogP contribution in [0.4, 0.5) is 0 Å². The molecule has 3 rings (SSSR count). The average Bonchev–Trinajstić information content (AvgIpc) is 2.56. The summed E-state index contributed by atoms with van der Waals surface area (Å²) in [5.74, 6) is 1.36. The molecule has 1 aromatic heterocycles. The van der Waals surface area contributed by atoms with E-state index < -0.39 is 0 Å². The molecule has 22 heavy (non-hydrogen) atoms. The average molecular weight is 308 g/mol. The van der Waals surface area contributed by atoms with Crippen molar-refractivity contribution in [2.24, 2.45) is 0 Å². The van der Waals surface area contributed by atoms with Crippen LogP contribution in [0.3, 0.4) is 0 Å². The van der Waals surface area contributed by atoms with E-state index >= 15 is 0 Å². The first kappa shape index (κ1) is 14.7. The maximum atomic E-state index is 12.1. The van der Waals surface area contributed by atoms with Gasteiger partial charge in [0.1, 0.15) is 5.76 Å². The Balaban J connectivity index is 1.75.